The number of thioether (sulfide) groups is 1. The van der Waals surface area contributed by atoms with Gasteiger partial charge in [-0.2, -0.15) is 0 Å². The molecule has 7 heteroatoms. The lowest BCUT2D eigenvalue weighted by Gasteiger charge is -2.45. The average molecular weight is 345 g/mol. The van der Waals surface area contributed by atoms with Crippen LogP contribution in [0.15, 0.2) is 10.6 Å². The van der Waals surface area contributed by atoms with Gasteiger partial charge in [-0.3, -0.25) is 4.79 Å². The number of rotatable bonds is 8. The van der Waals surface area contributed by atoms with Crippen LogP contribution in [0.1, 0.15) is 27.2 Å². The van der Waals surface area contributed by atoms with Gasteiger partial charge in [0.05, 0.1) is 29.7 Å². The molecule has 0 saturated carbocycles. The Morgan fingerprint density at radius 1 is 1.50 bits per heavy atom. The minimum Gasteiger partial charge on any atom is -0.543 e. The molecule has 2 rings (SSSR count). The number of hydrogen-bond donors (Lipinski definition) is 1. The molecule has 1 amide bonds. The van der Waals surface area contributed by atoms with E-state index in [4.69, 9.17) is 0 Å². The highest BCUT2D eigenvalue weighted by Gasteiger charge is 2.55. The minimum absolute atomic E-state index is 0.0322. The van der Waals surface area contributed by atoms with Crippen LogP contribution in [0.4, 0.5) is 0 Å². The number of aliphatic carboxylic acids is 1. The van der Waals surface area contributed by atoms with E-state index in [-0.39, 0.29) is 17.6 Å². The Morgan fingerprint density at radius 2 is 2.14 bits per heavy atom. The number of fused-ring (bicyclic) bond motifs is 1. The average Bonchev–Trinajstić information content (AvgIpc) is 2.77. The summed E-state index contributed by atoms with van der Waals surface area (Å²) in [5, 5.41) is 21.1. The van der Waals surface area contributed by atoms with Crippen molar-refractivity contribution in [1.29, 1.82) is 0 Å². The molecule has 0 aromatic carbocycles. The third kappa shape index (κ3) is 3.16. The lowest BCUT2D eigenvalue weighted by molar-refractivity contribution is -0.301. The first-order chi connectivity index (χ1) is 10.4. The molecule has 2 unspecified atom stereocenters. The smallest absolute Gasteiger partial charge is 0.235 e. The molecule has 2 aliphatic rings. The summed E-state index contributed by atoms with van der Waals surface area (Å²) < 4.78 is 0. The van der Waals surface area contributed by atoms with Crippen LogP contribution < -0.4 is 5.11 Å². The predicted octanol–water partition coefficient (Wildman–Crippen LogP) is -0.0493. The fourth-order valence-corrected chi connectivity index (χ4v) is 6.24. The minimum atomic E-state index is -1.28. The van der Waals surface area contributed by atoms with Gasteiger partial charge in [-0.1, -0.05) is 0 Å². The maximum atomic E-state index is 12.1. The zero-order chi connectivity index (χ0) is 16.4. The van der Waals surface area contributed by atoms with Gasteiger partial charge in [0.2, 0.25) is 5.91 Å². The Kier molecular flexibility index (Phi) is 5.85. The Morgan fingerprint density at radius 3 is 2.64 bits per heavy atom. The molecule has 0 aromatic rings. The second-order valence-electron chi connectivity index (χ2n) is 5.55. The standard InChI is InChI=1S/C15H23NO4S2/c1-4-22(5-2)7-6-21-11-8-10-12(9(3)17)14(18)16(10)13(11)15(19)20/h9-10,12,17H,4-8H2,1-3H3/t9-,10?,12?/m1/s1. The first-order valence-electron chi connectivity index (χ1n) is 7.64. The number of carbonyl (C=O) groups excluding carboxylic acids is 2. The highest BCUT2D eigenvalue weighted by molar-refractivity contribution is 8.04. The van der Waals surface area contributed by atoms with E-state index >= 15 is 0 Å². The number of carboxylic acid groups (broad SMARTS) is 1. The molecule has 2 aliphatic heterocycles. The van der Waals surface area contributed by atoms with Gasteiger partial charge in [0, 0.05) is 17.1 Å². The van der Waals surface area contributed by atoms with Gasteiger partial charge in [-0.25, -0.2) is 0 Å². The zero-order valence-electron chi connectivity index (χ0n) is 13.2. The number of carbonyl (C=O) groups is 2. The summed E-state index contributed by atoms with van der Waals surface area (Å²) in [7, 11) is 0.389. The first kappa shape index (κ1) is 17.7. The first-order valence-corrected chi connectivity index (χ1v) is 10.4. The Labute approximate surface area is 138 Å². The number of carboxylic acids is 1. The van der Waals surface area contributed by atoms with Gasteiger partial charge in [-0.15, -0.1) is 11.8 Å². The molecular formula is C15H23NO4S2. The molecule has 0 aromatic heterocycles. The molecule has 1 fully saturated rings. The second-order valence-corrected chi connectivity index (χ2v) is 9.53. The topological polar surface area (TPSA) is 80.7 Å². The van der Waals surface area contributed by atoms with Crippen molar-refractivity contribution in [2.45, 2.75) is 39.3 Å². The highest BCUT2D eigenvalue weighted by Crippen LogP contribution is 2.46. The van der Waals surface area contributed by atoms with Crippen molar-refractivity contribution in [1.82, 2.24) is 4.90 Å². The summed E-state index contributed by atoms with van der Waals surface area (Å²) in [4.78, 5) is 25.5. The fourth-order valence-electron chi connectivity index (χ4n) is 3.13. The summed E-state index contributed by atoms with van der Waals surface area (Å²) in [6, 6.07) is -0.210. The molecule has 0 radical (unpaired) electrons. The van der Waals surface area contributed by atoms with Crippen molar-refractivity contribution in [3.05, 3.63) is 10.6 Å². The van der Waals surface area contributed by atoms with Crippen molar-refractivity contribution >= 4 is 34.5 Å². The van der Waals surface area contributed by atoms with Gasteiger partial charge < -0.3 is 19.9 Å². The predicted molar refractivity (Wildman–Crippen MR) is 88.2 cm³/mol. The molecule has 22 heavy (non-hydrogen) atoms. The van der Waals surface area contributed by atoms with E-state index in [1.807, 2.05) is 0 Å². The Balaban J connectivity index is 2.04. The Bertz CT molecular complexity index is 488. The van der Waals surface area contributed by atoms with Crippen molar-refractivity contribution in [2.24, 2.45) is 5.92 Å². The van der Waals surface area contributed by atoms with Crippen LogP contribution in [0, 0.1) is 5.92 Å². The summed E-state index contributed by atoms with van der Waals surface area (Å²) in [6.45, 7) is 5.94. The molecule has 5 nitrogen and oxygen atoms in total. The molecular weight excluding hydrogens is 322 g/mol. The molecule has 1 N–H and O–H groups in total. The number of aliphatic hydroxyl groups excluding tert-OH is 1. The number of hydrogen-bond acceptors (Lipinski definition) is 5. The van der Waals surface area contributed by atoms with E-state index in [2.05, 4.69) is 13.8 Å². The van der Waals surface area contributed by atoms with E-state index in [0.717, 1.165) is 27.9 Å². The zero-order valence-corrected chi connectivity index (χ0v) is 14.8. The largest absolute Gasteiger partial charge is 0.543 e. The van der Waals surface area contributed by atoms with Crippen molar-refractivity contribution in [2.75, 3.05) is 23.0 Å². The molecule has 3 atom stereocenters. The van der Waals surface area contributed by atoms with Crippen molar-refractivity contribution in [3.63, 3.8) is 0 Å². The number of amides is 1. The van der Waals surface area contributed by atoms with Crippen LogP contribution in [0.2, 0.25) is 0 Å². The van der Waals surface area contributed by atoms with Gasteiger partial charge in [-0.05, 0) is 31.7 Å². The fraction of sp³-hybridized carbons (Fsp3) is 0.733. The maximum absolute atomic E-state index is 12.1. The van der Waals surface area contributed by atoms with E-state index in [0.29, 0.717) is 17.3 Å². The number of β-lactam (4-membered cyclic amide) rings is 1. The van der Waals surface area contributed by atoms with Gasteiger partial charge in [0.1, 0.15) is 17.3 Å². The van der Waals surface area contributed by atoms with Gasteiger partial charge in [0.15, 0.2) is 0 Å². The number of aliphatic hydroxyl groups is 1. The quantitative estimate of drug-likeness (QED) is 0.493. The van der Waals surface area contributed by atoms with E-state index in [1.54, 1.807) is 6.92 Å². The third-order valence-electron chi connectivity index (χ3n) is 4.35. The highest BCUT2D eigenvalue weighted by atomic mass is 32.2. The van der Waals surface area contributed by atoms with Crippen LogP contribution in [0.5, 0.6) is 0 Å². The SMILES string of the molecule is CC[S+](CC)CCSC1=C(C(=O)[O-])N2C(=O)C([C@@H](C)O)C2C1. The molecule has 124 valence electrons. The van der Waals surface area contributed by atoms with Crippen LogP contribution in [-0.4, -0.2) is 57.0 Å². The van der Waals surface area contributed by atoms with E-state index < -0.39 is 18.0 Å². The summed E-state index contributed by atoms with van der Waals surface area (Å²) >= 11 is 1.53. The third-order valence-corrected chi connectivity index (χ3v) is 8.14. The molecule has 0 bridgehead atoms. The van der Waals surface area contributed by atoms with Crippen LogP contribution in [0.25, 0.3) is 0 Å². The summed E-state index contributed by atoms with van der Waals surface area (Å²) in [6.07, 6.45) is -0.214. The van der Waals surface area contributed by atoms with Crippen molar-refractivity contribution < 1.29 is 19.8 Å². The molecule has 0 aliphatic carbocycles. The molecule has 2 heterocycles. The molecule has 0 spiro atoms. The maximum Gasteiger partial charge on any atom is 0.235 e. The lowest BCUT2D eigenvalue weighted by Crippen LogP contribution is -2.62. The lowest BCUT2D eigenvalue weighted by atomic mass is 9.83. The molecule has 1 saturated heterocycles. The van der Waals surface area contributed by atoms with Crippen molar-refractivity contribution in [3.8, 4) is 0 Å². The Hall–Kier alpha value is -0.660. The van der Waals surface area contributed by atoms with Crippen LogP contribution >= 0.6 is 11.8 Å². The number of nitrogens with zero attached hydrogens (tertiary/aromatic N) is 1. The summed E-state index contributed by atoms with van der Waals surface area (Å²) in [5.74, 6) is 2.18. The van der Waals surface area contributed by atoms with Crippen LogP contribution in [0.3, 0.4) is 0 Å². The summed E-state index contributed by atoms with van der Waals surface area (Å²) in [5.41, 5.74) is 0.0322. The monoisotopic (exact) mass is 345 g/mol. The van der Waals surface area contributed by atoms with E-state index in [9.17, 15) is 19.8 Å². The van der Waals surface area contributed by atoms with E-state index in [1.165, 1.54) is 16.7 Å². The van der Waals surface area contributed by atoms with Crippen LogP contribution in [-0.2, 0) is 20.5 Å². The second kappa shape index (κ2) is 7.27. The normalized spacial score (nSPS) is 25.5. The van der Waals surface area contributed by atoms with Gasteiger partial charge in [0.25, 0.3) is 0 Å². The van der Waals surface area contributed by atoms with Gasteiger partial charge >= 0.3 is 0 Å².